The third kappa shape index (κ3) is 28.5. The number of hydrogen-bond acceptors (Lipinski definition) is 19. The summed E-state index contributed by atoms with van der Waals surface area (Å²) in [5.41, 5.74) is 15.1. The van der Waals surface area contributed by atoms with Crippen LogP contribution in [-0.2, 0) is 15.9 Å². The van der Waals surface area contributed by atoms with Gasteiger partial charge in [-0.1, -0.05) is 44.0 Å². The van der Waals surface area contributed by atoms with Gasteiger partial charge in [-0.05, 0) is 248 Å². The number of H-pyrrole nitrogens is 1. The van der Waals surface area contributed by atoms with Crippen LogP contribution in [0.1, 0.15) is 88.8 Å². The number of methoxy groups -OCH3 is 1. The summed E-state index contributed by atoms with van der Waals surface area (Å²) < 4.78 is 11.3. The van der Waals surface area contributed by atoms with E-state index in [1.165, 1.54) is 31.7 Å². The van der Waals surface area contributed by atoms with Crippen LogP contribution in [0.3, 0.4) is 0 Å². The van der Waals surface area contributed by atoms with Crippen LogP contribution in [-0.4, -0.2) is 145 Å². The Kier molecular flexibility index (Phi) is 37.4. The van der Waals surface area contributed by atoms with Gasteiger partial charge >= 0.3 is 42.7 Å². The number of aryl methyl sites for hydroxylation is 1. The number of hydrogen-bond donors (Lipinski definition) is 5. The molecule has 5 aromatic carbocycles. The molecule has 0 spiro atoms. The molecule has 0 saturated heterocycles. The van der Waals surface area contributed by atoms with Gasteiger partial charge < -0.3 is 45.6 Å². The van der Waals surface area contributed by atoms with Gasteiger partial charge in [-0.25, -0.2) is 29.9 Å². The molecular formula is C86H106BBr2Cl2N16O4P2Pd+2. The van der Waals surface area contributed by atoms with E-state index in [0.29, 0.717) is 68.3 Å². The van der Waals surface area contributed by atoms with Crippen molar-refractivity contribution >= 4 is 141 Å². The Morgan fingerprint density at radius 3 is 1.28 bits per heavy atom. The van der Waals surface area contributed by atoms with Gasteiger partial charge in [-0.2, -0.15) is 0 Å². The van der Waals surface area contributed by atoms with E-state index in [9.17, 15) is 4.79 Å². The number of pyridine rings is 5. The number of nitrogens with one attached hydrogen (secondary N) is 3. The van der Waals surface area contributed by atoms with Gasteiger partial charge in [0, 0.05) is 167 Å². The van der Waals surface area contributed by atoms with E-state index >= 15 is 0 Å². The van der Waals surface area contributed by atoms with Gasteiger partial charge in [0.25, 0.3) is 5.56 Å². The number of benzene rings is 5. The van der Waals surface area contributed by atoms with Gasteiger partial charge in [0.05, 0.1) is 66.5 Å². The van der Waals surface area contributed by atoms with Crippen LogP contribution in [0.4, 0.5) is 23.0 Å². The minimum absolute atomic E-state index is 0.106. The molecule has 8 aromatic heterocycles. The number of anilines is 4. The summed E-state index contributed by atoms with van der Waals surface area (Å²) in [7, 11) is 24.1. The summed E-state index contributed by atoms with van der Waals surface area (Å²) in [6, 6.07) is 54.6. The molecule has 0 aliphatic heterocycles. The number of fused-ring (bicyclic) bond motifs is 3. The van der Waals surface area contributed by atoms with Crippen molar-refractivity contribution in [3.63, 3.8) is 0 Å². The first-order chi connectivity index (χ1) is 54.1. The molecule has 0 atom stereocenters. The summed E-state index contributed by atoms with van der Waals surface area (Å²) >= 11 is 6.70. The van der Waals surface area contributed by atoms with Crippen molar-refractivity contribution < 1.29 is 30.4 Å². The van der Waals surface area contributed by atoms with Crippen molar-refractivity contribution in [3.05, 3.63) is 238 Å². The molecule has 114 heavy (non-hydrogen) atoms. The second kappa shape index (κ2) is 45.1. The van der Waals surface area contributed by atoms with E-state index < -0.39 is 15.8 Å². The predicted molar refractivity (Wildman–Crippen MR) is 491 cm³/mol. The quantitative estimate of drug-likeness (QED) is 0.0531. The molecule has 0 fully saturated rings. The van der Waals surface area contributed by atoms with Crippen LogP contribution < -0.4 is 51.7 Å². The molecular weight excluding hydrogens is 1730 g/mol. The molecule has 8 heterocycles. The van der Waals surface area contributed by atoms with Crippen LogP contribution in [0.2, 0.25) is 0 Å². The Morgan fingerprint density at radius 1 is 0.500 bits per heavy atom. The van der Waals surface area contributed by atoms with Gasteiger partial charge in [0.15, 0.2) is 11.6 Å². The van der Waals surface area contributed by atoms with Crippen molar-refractivity contribution in [2.45, 2.75) is 111 Å². The number of rotatable bonds is 13. The van der Waals surface area contributed by atoms with Crippen molar-refractivity contribution in [1.82, 2.24) is 54.8 Å². The maximum atomic E-state index is 12.0. The first kappa shape index (κ1) is 94.4. The standard InChI is InChI=1S/C20H17N5.2C16H28NP.C14H11BrN4.C13H8BrN3O.C6H7BNO3.CH5N.2ClH.Pd/c1-13-5-6-15(12-23-13)14-7-8-18-17(10-14)20(21-2)25-19(24-18)16-4-3-9-22-11-16;2*1-15(2,3)18(16(4,5)6)14-11-9-13(10-12-14)17(7)8;1-16-14-11-7-10(15)4-5-12(11)18-13(19-14)9-3-2-6-17-8-9;14-9-3-4-11-10(6-9)13(18)17-12(16-11)8-2-1-5-15-7-8;1-10-6-3-2-5(4-8-6)11-7-9;1-2;;;/h3-12H,1-2H3,(H,21,24,25);2*9-12H,1-8H3;2-8H,1H3,(H,16,18,19);1-7H,(H,16,17,18);2-4,9H,1H3;2H2,1H3;2*1H;/q;;;;;;;;;+2. The topological polar surface area (TPSA) is 257 Å². The SMILES string of the molecule is CN.CN(C)c1ccc([PH+](C(C)(C)C)C(C)(C)C)cc1.CN(C)c1ccc([PH+](C(C)(C)C)C(C)(C)C)cc1.CNc1nc(-c2cccnc2)nc2ccc(-c3ccc(C)nc3)cc12.CNc1nc(-c2cccnc2)nc2ccc(Br)cc12.COc1ccc(O[B]O)cn1.O=c1[nH]c(-c2cccnc2)nc2ccc(Br)cc12.[Cl][Pd][Cl]. The first-order valence-electron chi connectivity index (χ1n) is 36.4. The third-order valence-electron chi connectivity index (χ3n) is 17.0. The molecule has 1 radical (unpaired) electrons. The van der Waals surface area contributed by atoms with Crippen LogP contribution >= 0.6 is 66.8 Å². The van der Waals surface area contributed by atoms with Crippen LogP contribution in [0.15, 0.2) is 227 Å². The van der Waals surface area contributed by atoms with Crippen LogP contribution in [0.25, 0.3) is 78.0 Å². The summed E-state index contributed by atoms with van der Waals surface area (Å²) in [4.78, 5) is 62.5. The van der Waals surface area contributed by atoms with Crippen LogP contribution in [0, 0.1) is 6.92 Å². The Balaban J connectivity index is 0.000000213. The summed E-state index contributed by atoms with van der Waals surface area (Å²) in [6.07, 6.45) is 13.7. The van der Waals surface area contributed by atoms with E-state index in [2.05, 4.69) is 291 Å². The van der Waals surface area contributed by atoms with Crippen molar-refractivity contribution in [2.75, 3.05) is 76.9 Å². The van der Waals surface area contributed by atoms with Gasteiger partial charge in [0.2, 0.25) is 5.88 Å². The fourth-order valence-electron chi connectivity index (χ4n) is 12.9. The van der Waals surface area contributed by atoms with Crippen LogP contribution in [0.5, 0.6) is 11.6 Å². The zero-order chi connectivity index (χ0) is 84.1. The Hall–Kier alpha value is -8.48. The van der Waals surface area contributed by atoms with Gasteiger partial charge in [-0.3, -0.25) is 24.7 Å². The normalized spacial score (nSPS) is 11.0. The molecule has 13 aromatic rings. The molecule has 0 saturated carbocycles. The Morgan fingerprint density at radius 2 is 0.912 bits per heavy atom. The van der Waals surface area contributed by atoms with E-state index in [1.54, 1.807) is 72.1 Å². The molecule has 0 amide bonds. The third-order valence-corrected chi connectivity index (χ3v) is 25.8. The zero-order valence-corrected chi connectivity index (χ0v) is 77.0. The molecule has 28 heteroatoms. The van der Waals surface area contributed by atoms with E-state index in [-0.39, 0.29) is 21.5 Å². The first-order valence-corrected chi connectivity index (χ1v) is 45.0. The van der Waals surface area contributed by atoms with E-state index in [1.807, 2.05) is 100 Å². The fourth-order valence-corrected chi connectivity index (χ4v) is 22.6. The molecule has 0 unspecified atom stereocenters. The summed E-state index contributed by atoms with van der Waals surface area (Å²) in [6.45, 7) is 30.6. The van der Waals surface area contributed by atoms with Gasteiger partial charge in [0.1, 0.15) is 23.2 Å². The monoisotopic (exact) mass is 1830 g/mol. The number of nitrogens with two attached hydrogens (primary N) is 1. The summed E-state index contributed by atoms with van der Waals surface area (Å²) in [5.74, 6) is 4.45. The average Bonchev–Trinajstić information content (AvgIpc) is 0.773. The number of aromatic nitrogens is 11. The second-order valence-corrected chi connectivity index (χ2v) is 43.0. The van der Waals surface area contributed by atoms with Crippen molar-refractivity contribution in [1.29, 1.82) is 0 Å². The number of ether oxygens (including phenoxy) is 1. The molecule has 0 bridgehead atoms. The molecule has 20 nitrogen and oxygen atoms in total. The predicted octanol–water partition coefficient (Wildman–Crippen LogP) is 19.7. The molecule has 6 N–H and O–H groups in total. The fraction of sp³-hybridized carbons (Fsp3) is 0.291. The number of aromatic amines is 1. The Bertz CT molecular complexity index is 5050. The van der Waals surface area contributed by atoms with Crippen molar-refractivity contribution in [2.24, 2.45) is 5.73 Å². The van der Waals surface area contributed by atoms with E-state index in [4.69, 9.17) is 33.8 Å². The molecule has 603 valence electrons. The molecule has 0 aliphatic carbocycles. The molecule has 0 aliphatic rings. The zero-order valence-electron chi connectivity index (χ0n) is 68.7. The second-order valence-electron chi connectivity index (χ2n) is 30.1. The Labute approximate surface area is 708 Å². The van der Waals surface area contributed by atoms with Crippen molar-refractivity contribution in [3.8, 4) is 56.9 Å². The summed E-state index contributed by atoms with van der Waals surface area (Å²) in [5, 5.41) is 21.7. The maximum absolute atomic E-state index is 12.0. The average molecular weight is 1840 g/mol. The van der Waals surface area contributed by atoms with E-state index in [0.717, 1.165) is 75.9 Å². The van der Waals surface area contributed by atoms with Gasteiger partial charge in [-0.15, -0.1) is 0 Å². The number of nitrogens with zero attached hydrogens (tertiary/aromatic N) is 12. The minimum atomic E-state index is -0.614. The number of halogens is 4. The molecule has 13 rings (SSSR count).